The van der Waals surface area contributed by atoms with E-state index in [4.69, 9.17) is 4.74 Å². The lowest BCUT2D eigenvalue weighted by molar-refractivity contribution is 0.406. The molecule has 1 unspecified atom stereocenters. The molecular formula is C16H21BrN2OS. The number of thiophene rings is 1. The highest BCUT2D eigenvalue weighted by Crippen LogP contribution is 2.34. The molecule has 2 heterocycles. The van der Waals surface area contributed by atoms with E-state index in [1.807, 2.05) is 20.2 Å². The highest BCUT2D eigenvalue weighted by atomic mass is 79.9. The maximum Gasteiger partial charge on any atom is 0.128 e. The van der Waals surface area contributed by atoms with Crippen LogP contribution >= 0.6 is 27.3 Å². The van der Waals surface area contributed by atoms with E-state index in [1.54, 1.807) is 18.4 Å². The second kappa shape index (κ2) is 6.90. The third kappa shape index (κ3) is 3.47. The summed E-state index contributed by atoms with van der Waals surface area (Å²) in [6.45, 7) is 6.23. The summed E-state index contributed by atoms with van der Waals surface area (Å²) < 4.78 is 6.69. The van der Waals surface area contributed by atoms with Gasteiger partial charge in [-0.05, 0) is 55.4 Å². The molecule has 0 aliphatic rings. The third-order valence-electron chi connectivity index (χ3n) is 3.72. The van der Waals surface area contributed by atoms with Crippen LogP contribution in [0.15, 0.2) is 16.0 Å². The Labute approximate surface area is 138 Å². The minimum absolute atomic E-state index is 0.263. The standard InChI is InChI=1S/C16H21BrN2OS/c1-9-6-14(21-16(9)17)13(18-4)7-12-11(3)15(20-5)10(2)8-19-12/h6,8,13,18H,7H2,1-5H3. The van der Waals surface area contributed by atoms with Gasteiger partial charge >= 0.3 is 0 Å². The minimum Gasteiger partial charge on any atom is -0.496 e. The first kappa shape index (κ1) is 16.5. The van der Waals surface area contributed by atoms with Crippen molar-refractivity contribution in [3.05, 3.63) is 43.3 Å². The summed E-state index contributed by atoms with van der Waals surface area (Å²) in [6, 6.07) is 2.50. The van der Waals surface area contributed by atoms with Gasteiger partial charge in [-0.1, -0.05) is 0 Å². The molecule has 5 heteroatoms. The molecule has 0 bridgehead atoms. The maximum atomic E-state index is 5.50. The van der Waals surface area contributed by atoms with Crippen LogP contribution in [0.25, 0.3) is 0 Å². The monoisotopic (exact) mass is 368 g/mol. The van der Waals surface area contributed by atoms with Crippen molar-refractivity contribution < 1.29 is 4.74 Å². The van der Waals surface area contributed by atoms with Gasteiger partial charge in [-0.15, -0.1) is 11.3 Å². The van der Waals surface area contributed by atoms with Gasteiger partial charge in [0.05, 0.1) is 10.9 Å². The van der Waals surface area contributed by atoms with E-state index in [0.717, 1.165) is 29.0 Å². The molecule has 0 radical (unpaired) electrons. The molecule has 0 aromatic carbocycles. The quantitative estimate of drug-likeness (QED) is 0.851. The summed E-state index contributed by atoms with van der Waals surface area (Å²) >= 11 is 5.38. The maximum absolute atomic E-state index is 5.50. The van der Waals surface area contributed by atoms with Crippen LogP contribution in [-0.2, 0) is 6.42 Å². The number of halogens is 1. The molecule has 0 aliphatic carbocycles. The fourth-order valence-electron chi connectivity index (χ4n) is 2.47. The number of pyridine rings is 1. The lowest BCUT2D eigenvalue weighted by Gasteiger charge is -2.17. The third-order valence-corrected chi connectivity index (χ3v) is 5.97. The predicted octanol–water partition coefficient (Wildman–Crippen LogP) is 4.34. The summed E-state index contributed by atoms with van der Waals surface area (Å²) in [7, 11) is 3.71. The number of aryl methyl sites for hydroxylation is 2. The first-order chi connectivity index (χ1) is 9.97. The van der Waals surface area contributed by atoms with Crippen LogP contribution in [0.1, 0.15) is 33.3 Å². The van der Waals surface area contributed by atoms with Crippen LogP contribution in [-0.4, -0.2) is 19.1 Å². The van der Waals surface area contributed by atoms with Gasteiger partial charge in [0.15, 0.2) is 0 Å². The SMILES string of the molecule is CNC(Cc1ncc(C)c(OC)c1C)c1cc(C)c(Br)s1. The van der Waals surface area contributed by atoms with Gasteiger partial charge < -0.3 is 10.1 Å². The topological polar surface area (TPSA) is 34.2 Å². The van der Waals surface area contributed by atoms with Crippen LogP contribution in [0.5, 0.6) is 5.75 Å². The number of nitrogens with one attached hydrogen (secondary N) is 1. The molecule has 2 aromatic rings. The number of likely N-dealkylation sites (N-methyl/N-ethyl adjacent to an activating group) is 1. The molecule has 2 rings (SSSR count). The number of methoxy groups -OCH3 is 1. The fraction of sp³-hybridized carbons (Fsp3) is 0.438. The Morgan fingerprint density at radius 1 is 1.33 bits per heavy atom. The van der Waals surface area contributed by atoms with Gasteiger partial charge in [-0.25, -0.2) is 0 Å². The first-order valence-electron chi connectivity index (χ1n) is 6.90. The number of hydrogen-bond acceptors (Lipinski definition) is 4. The van der Waals surface area contributed by atoms with Gasteiger partial charge in [0.1, 0.15) is 5.75 Å². The Balaban J connectivity index is 2.31. The Morgan fingerprint density at radius 2 is 2.05 bits per heavy atom. The fourth-order valence-corrected chi connectivity index (χ4v) is 4.15. The highest BCUT2D eigenvalue weighted by Gasteiger charge is 2.18. The summed E-state index contributed by atoms with van der Waals surface area (Å²) in [5, 5.41) is 3.40. The number of hydrogen-bond donors (Lipinski definition) is 1. The normalized spacial score (nSPS) is 12.5. The van der Waals surface area contributed by atoms with E-state index in [-0.39, 0.29) is 6.04 Å². The van der Waals surface area contributed by atoms with Crippen LogP contribution in [0, 0.1) is 20.8 Å². The Bertz CT molecular complexity index is 620. The van der Waals surface area contributed by atoms with Crippen LogP contribution < -0.4 is 10.1 Å². The number of ether oxygens (including phenoxy) is 1. The average Bonchev–Trinajstić information content (AvgIpc) is 2.78. The van der Waals surface area contributed by atoms with E-state index in [9.17, 15) is 0 Å². The molecule has 0 saturated carbocycles. The average molecular weight is 369 g/mol. The number of nitrogens with zero attached hydrogens (tertiary/aromatic N) is 1. The van der Waals surface area contributed by atoms with Crippen molar-refractivity contribution in [1.82, 2.24) is 10.3 Å². The van der Waals surface area contributed by atoms with Crippen LogP contribution in [0.3, 0.4) is 0 Å². The predicted molar refractivity (Wildman–Crippen MR) is 92.5 cm³/mol. The lowest BCUT2D eigenvalue weighted by Crippen LogP contribution is -2.19. The Kier molecular flexibility index (Phi) is 5.41. The molecule has 0 aliphatic heterocycles. The van der Waals surface area contributed by atoms with Crippen molar-refractivity contribution in [2.75, 3.05) is 14.2 Å². The van der Waals surface area contributed by atoms with E-state index < -0.39 is 0 Å². The molecule has 3 nitrogen and oxygen atoms in total. The zero-order valence-electron chi connectivity index (χ0n) is 13.1. The van der Waals surface area contributed by atoms with Crippen molar-refractivity contribution in [3.8, 4) is 5.75 Å². The van der Waals surface area contributed by atoms with Crippen molar-refractivity contribution in [2.24, 2.45) is 0 Å². The zero-order valence-corrected chi connectivity index (χ0v) is 15.5. The molecule has 1 atom stereocenters. The smallest absolute Gasteiger partial charge is 0.128 e. The number of aromatic nitrogens is 1. The van der Waals surface area contributed by atoms with Gasteiger partial charge in [0.2, 0.25) is 0 Å². The van der Waals surface area contributed by atoms with E-state index >= 15 is 0 Å². The van der Waals surface area contributed by atoms with E-state index in [0.29, 0.717) is 0 Å². The van der Waals surface area contributed by atoms with Crippen molar-refractivity contribution in [1.29, 1.82) is 0 Å². The number of rotatable bonds is 5. The highest BCUT2D eigenvalue weighted by molar-refractivity contribution is 9.11. The van der Waals surface area contributed by atoms with Gasteiger partial charge in [0.25, 0.3) is 0 Å². The first-order valence-corrected chi connectivity index (χ1v) is 8.51. The summed E-state index contributed by atoms with van der Waals surface area (Å²) in [5.74, 6) is 0.943. The van der Waals surface area contributed by atoms with Gasteiger partial charge in [-0.2, -0.15) is 0 Å². The van der Waals surface area contributed by atoms with Gasteiger partial charge in [0, 0.05) is 40.4 Å². The molecule has 0 amide bonds. The van der Waals surface area contributed by atoms with E-state index in [1.165, 1.54) is 14.2 Å². The molecule has 0 spiro atoms. The molecular weight excluding hydrogens is 348 g/mol. The largest absolute Gasteiger partial charge is 0.496 e. The van der Waals surface area contributed by atoms with Crippen molar-refractivity contribution in [3.63, 3.8) is 0 Å². The molecule has 21 heavy (non-hydrogen) atoms. The Morgan fingerprint density at radius 3 is 2.57 bits per heavy atom. The van der Waals surface area contributed by atoms with Crippen molar-refractivity contribution >= 4 is 27.3 Å². The van der Waals surface area contributed by atoms with Crippen LogP contribution in [0.4, 0.5) is 0 Å². The summed E-state index contributed by atoms with van der Waals surface area (Å²) in [4.78, 5) is 5.92. The summed E-state index contributed by atoms with van der Waals surface area (Å²) in [6.07, 6.45) is 2.74. The van der Waals surface area contributed by atoms with Crippen LogP contribution in [0.2, 0.25) is 0 Å². The summed E-state index contributed by atoms with van der Waals surface area (Å²) in [5.41, 5.74) is 4.57. The molecule has 114 valence electrons. The molecule has 0 fully saturated rings. The minimum atomic E-state index is 0.263. The molecule has 2 aromatic heterocycles. The molecule has 1 N–H and O–H groups in total. The second-order valence-corrected chi connectivity index (χ2v) is 7.60. The molecule has 0 saturated heterocycles. The lowest BCUT2D eigenvalue weighted by atomic mass is 10.0. The Hall–Kier alpha value is -0.910. The van der Waals surface area contributed by atoms with Gasteiger partial charge in [-0.3, -0.25) is 4.98 Å². The van der Waals surface area contributed by atoms with Crippen molar-refractivity contribution in [2.45, 2.75) is 33.2 Å². The van der Waals surface area contributed by atoms with E-state index in [2.05, 4.69) is 46.1 Å². The second-order valence-electron chi connectivity index (χ2n) is 5.20. The zero-order chi connectivity index (χ0) is 15.6.